The molecule has 0 bridgehead atoms. The topological polar surface area (TPSA) is 49.2 Å². The third-order valence-electron chi connectivity index (χ3n) is 4.50. The van der Waals surface area contributed by atoms with Crippen molar-refractivity contribution in [3.05, 3.63) is 24.2 Å². The van der Waals surface area contributed by atoms with Crippen molar-refractivity contribution in [2.75, 3.05) is 19.8 Å². The Balaban J connectivity index is 1.79. The lowest BCUT2D eigenvalue weighted by atomic mass is 10.1. The minimum absolute atomic E-state index is 0.121. The summed E-state index contributed by atoms with van der Waals surface area (Å²) < 4.78 is 13.8. The van der Waals surface area contributed by atoms with Crippen LogP contribution in [0.5, 0.6) is 0 Å². The van der Waals surface area contributed by atoms with Crippen LogP contribution in [0.1, 0.15) is 50.1 Å². The van der Waals surface area contributed by atoms with Crippen LogP contribution in [0.3, 0.4) is 0 Å². The number of aromatic nitrogens is 3. The monoisotopic (exact) mass is 287 g/mol. The molecule has 4 rings (SSSR count). The van der Waals surface area contributed by atoms with Gasteiger partial charge in [0, 0.05) is 32.1 Å². The zero-order chi connectivity index (χ0) is 14.1. The summed E-state index contributed by atoms with van der Waals surface area (Å²) >= 11 is 0. The minimum atomic E-state index is 0.121. The lowest BCUT2D eigenvalue weighted by Crippen LogP contribution is -2.24. The molecule has 2 aliphatic heterocycles. The number of hydrogen-bond donors (Lipinski definition) is 0. The molecule has 0 aliphatic carbocycles. The highest BCUT2D eigenvalue weighted by atomic mass is 16.5. The van der Waals surface area contributed by atoms with Crippen molar-refractivity contribution in [1.29, 1.82) is 0 Å². The molecule has 2 fully saturated rings. The SMILES string of the molecule is c1cnc2c(c1)nc(C1CCCCO1)n2C1CCOCC1. The smallest absolute Gasteiger partial charge is 0.160 e. The second-order valence-corrected chi connectivity index (χ2v) is 5.88. The van der Waals surface area contributed by atoms with Crippen molar-refractivity contribution in [2.45, 2.75) is 44.2 Å². The molecule has 1 unspecified atom stereocenters. The predicted molar refractivity (Wildman–Crippen MR) is 79.2 cm³/mol. The Labute approximate surface area is 124 Å². The fourth-order valence-electron chi connectivity index (χ4n) is 3.42. The van der Waals surface area contributed by atoms with Gasteiger partial charge in [-0.1, -0.05) is 0 Å². The zero-order valence-electron chi connectivity index (χ0n) is 12.2. The van der Waals surface area contributed by atoms with Crippen molar-refractivity contribution < 1.29 is 9.47 Å². The van der Waals surface area contributed by atoms with E-state index in [1.807, 2.05) is 18.3 Å². The quantitative estimate of drug-likeness (QED) is 0.852. The van der Waals surface area contributed by atoms with Crippen LogP contribution in [0.25, 0.3) is 11.2 Å². The molecule has 2 saturated heterocycles. The summed E-state index contributed by atoms with van der Waals surface area (Å²) in [6.45, 7) is 2.49. The highest BCUT2D eigenvalue weighted by Gasteiger charge is 2.28. The fourth-order valence-corrected chi connectivity index (χ4v) is 3.42. The molecule has 0 N–H and O–H groups in total. The van der Waals surface area contributed by atoms with E-state index in [2.05, 4.69) is 9.55 Å². The largest absolute Gasteiger partial charge is 0.381 e. The Kier molecular flexibility index (Phi) is 3.61. The number of nitrogens with zero attached hydrogens (tertiary/aromatic N) is 3. The van der Waals surface area contributed by atoms with Crippen LogP contribution >= 0.6 is 0 Å². The van der Waals surface area contributed by atoms with Crippen LogP contribution < -0.4 is 0 Å². The van der Waals surface area contributed by atoms with Crippen molar-refractivity contribution in [3.63, 3.8) is 0 Å². The van der Waals surface area contributed by atoms with Gasteiger partial charge in [-0.05, 0) is 44.2 Å². The normalized spacial score (nSPS) is 24.5. The van der Waals surface area contributed by atoms with Gasteiger partial charge >= 0.3 is 0 Å². The molecule has 5 heteroatoms. The first-order valence-electron chi connectivity index (χ1n) is 7.95. The lowest BCUT2D eigenvalue weighted by Gasteiger charge is -2.29. The Morgan fingerprint density at radius 3 is 2.81 bits per heavy atom. The molecule has 0 aromatic carbocycles. The number of imidazole rings is 1. The van der Waals surface area contributed by atoms with Crippen LogP contribution in [0.4, 0.5) is 0 Å². The molecular formula is C16H21N3O2. The Morgan fingerprint density at radius 1 is 1.10 bits per heavy atom. The molecule has 4 heterocycles. The summed E-state index contributed by atoms with van der Waals surface area (Å²) in [6, 6.07) is 4.43. The van der Waals surface area contributed by atoms with E-state index >= 15 is 0 Å². The maximum atomic E-state index is 5.98. The van der Waals surface area contributed by atoms with Gasteiger partial charge in [-0.3, -0.25) is 0 Å². The molecule has 21 heavy (non-hydrogen) atoms. The van der Waals surface area contributed by atoms with Gasteiger partial charge in [0.1, 0.15) is 17.4 Å². The van der Waals surface area contributed by atoms with E-state index in [1.165, 1.54) is 6.42 Å². The van der Waals surface area contributed by atoms with Gasteiger partial charge in [0.15, 0.2) is 5.65 Å². The molecule has 0 amide bonds. The second-order valence-electron chi connectivity index (χ2n) is 5.88. The molecule has 5 nitrogen and oxygen atoms in total. The average molecular weight is 287 g/mol. The van der Waals surface area contributed by atoms with Crippen LogP contribution in [0, 0.1) is 0 Å². The third-order valence-corrected chi connectivity index (χ3v) is 4.50. The molecule has 2 aromatic heterocycles. The van der Waals surface area contributed by atoms with E-state index in [4.69, 9.17) is 14.5 Å². The second kappa shape index (κ2) is 5.73. The maximum Gasteiger partial charge on any atom is 0.160 e. The van der Waals surface area contributed by atoms with Crippen LogP contribution in [0.2, 0.25) is 0 Å². The predicted octanol–water partition coefficient (Wildman–Crippen LogP) is 3.02. The molecule has 112 valence electrons. The van der Waals surface area contributed by atoms with Gasteiger partial charge in [0.05, 0.1) is 0 Å². The summed E-state index contributed by atoms with van der Waals surface area (Å²) in [4.78, 5) is 9.42. The summed E-state index contributed by atoms with van der Waals surface area (Å²) in [5, 5.41) is 0. The Hall–Kier alpha value is -1.46. The van der Waals surface area contributed by atoms with E-state index in [9.17, 15) is 0 Å². The summed E-state index contributed by atoms with van der Waals surface area (Å²) in [5.74, 6) is 1.07. The Bertz CT molecular complexity index is 613. The van der Waals surface area contributed by atoms with Crippen LogP contribution in [-0.4, -0.2) is 34.4 Å². The third kappa shape index (κ3) is 2.45. The van der Waals surface area contributed by atoms with Crippen molar-refractivity contribution in [3.8, 4) is 0 Å². The van der Waals surface area contributed by atoms with Crippen LogP contribution in [0.15, 0.2) is 18.3 Å². The molecule has 0 spiro atoms. The number of ether oxygens (including phenoxy) is 2. The van der Waals surface area contributed by atoms with Gasteiger partial charge in [-0.2, -0.15) is 0 Å². The summed E-state index contributed by atoms with van der Waals surface area (Å²) in [7, 11) is 0. The Morgan fingerprint density at radius 2 is 2.00 bits per heavy atom. The van der Waals surface area contributed by atoms with Crippen molar-refractivity contribution in [1.82, 2.24) is 14.5 Å². The molecular weight excluding hydrogens is 266 g/mol. The summed E-state index contributed by atoms with van der Waals surface area (Å²) in [6.07, 6.45) is 7.47. The number of fused-ring (bicyclic) bond motifs is 1. The molecule has 2 aliphatic rings. The van der Waals surface area contributed by atoms with E-state index in [1.54, 1.807) is 0 Å². The van der Waals surface area contributed by atoms with Crippen molar-refractivity contribution >= 4 is 11.2 Å². The van der Waals surface area contributed by atoms with Gasteiger partial charge < -0.3 is 14.0 Å². The number of hydrogen-bond acceptors (Lipinski definition) is 4. The first-order valence-corrected chi connectivity index (χ1v) is 7.95. The highest BCUT2D eigenvalue weighted by molar-refractivity contribution is 5.71. The number of pyridine rings is 1. The molecule has 0 saturated carbocycles. The highest BCUT2D eigenvalue weighted by Crippen LogP contribution is 2.34. The standard InChI is InChI=1S/C16H21N3O2/c1-2-9-21-14(5-1)16-18-13-4-3-8-17-15(13)19(16)12-6-10-20-11-7-12/h3-4,8,12,14H,1-2,5-7,9-11H2. The first-order chi connectivity index (χ1) is 10.4. The average Bonchev–Trinajstić information content (AvgIpc) is 2.96. The first kappa shape index (κ1) is 13.2. The molecule has 0 radical (unpaired) electrons. The van der Waals surface area contributed by atoms with Crippen molar-refractivity contribution in [2.24, 2.45) is 0 Å². The maximum absolute atomic E-state index is 5.98. The molecule has 2 aromatic rings. The van der Waals surface area contributed by atoms with E-state index in [-0.39, 0.29) is 6.10 Å². The summed E-state index contributed by atoms with van der Waals surface area (Å²) in [5.41, 5.74) is 1.97. The van der Waals surface area contributed by atoms with Gasteiger partial charge in [-0.25, -0.2) is 9.97 Å². The molecule has 1 atom stereocenters. The fraction of sp³-hybridized carbons (Fsp3) is 0.625. The van der Waals surface area contributed by atoms with E-state index < -0.39 is 0 Å². The van der Waals surface area contributed by atoms with Crippen LogP contribution in [-0.2, 0) is 9.47 Å². The zero-order valence-corrected chi connectivity index (χ0v) is 12.2. The van der Waals surface area contributed by atoms with Gasteiger partial charge in [0.2, 0.25) is 0 Å². The van der Waals surface area contributed by atoms with E-state index in [0.717, 1.165) is 62.5 Å². The number of rotatable bonds is 2. The van der Waals surface area contributed by atoms with Gasteiger partial charge in [-0.15, -0.1) is 0 Å². The van der Waals surface area contributed by atoms with Gasteiger partial charge in [0.25, 0.3) is 0 Å². The minimum Gasteiger partial charge on any atom is -0.381 e. The lowest BCUT2D eigenvalue weighted by molar-refractivity contribution is 0.00386. The van der Waals surface area contributed by atoms with E-state index in [0.29, 0.717) is 6.04 Å².